The molecule has 0 saturated carbocycles. The van der Waals surface area contributed by atoms with E-state index in [1.54, 1.807) is 28.8 Å². The Labute approximate surface area is 175 Å². The van der Waals surface area contributed by atoms with Crippen molar-refractivity contribution in [3.05, 3.63) is 68.9 Å². The molecule has 0 unspecified atom stereocenters. The smallest absolute Gasteiger partial charge is 0.270 e. The van der Waals surface area contributed by atoms with E-state index in [4.69, 9.17) is 16.3 Å². The molecule has 8 heteroatoms. The van der Waals surface area contributed by atoms with Gasteiger partial charge in [0.05, 0.1) is 11.4 Å². The number of aromatic nitrogens is 1. The second kappa shape index (κ2) is 8.11. The number of halogens is 2. The van der Waals surface area contributed by atoms with Gasteiger partial charge in [0.2, 0.25) is 0 Å². The van der Waals surface area contributed by atoms with Crippen molar-refractivity contribution < 1.29 is 13.9 Å². The largest absolute Gasteiger partial charge is 0.486 e. The Kier molecular flexibility index (Phi) is 5.57. The van der Waals surface area contributed by atoms with E-state index in [-0.39, 0.29) is 18.3 Å². The molecule has 0 N–H and O–H groups in total. The Bertz CT molecular complexity index is 1020. The highest BCUT2D eigenvalue weighted by atomic mass is 35.5. The lowest BCUT2D eigenvalue weighted by Crippen LogP contribution is -2.35. The zero-order valence-corrected chi connectivity index (χ0v) is 17.3. The molecule has 28 heavy (non-hydrogen) atoms. The van der Waals surface area contributed by atoms with E-state index in [0.29, 0.717) is 32.9 Å². The molecule has 144 valence electrons. The maximum absolute atomic E-state index is 13.2. The standard InChI is InChI=1S/C20H16ClFN2O2S2/c1-12-19(28-18(23-12)11-26-15-5-3-14(22)4-6-15)20(25)24-8-9-27-17-7-2-13(21)10-16(17)24/h2-7,10H,8-9,11H2,1H3. The fourth-order valence-electron chi connectivity index (χ4n) is 2.91. The Balaban J connectivity index is 1.53. The summed E-state index contributed by atoms with van der Waals surface area (Å²) in [6.45, 7) is 2.67. The van der Waals surface area contributed by atoms with Crippen molar-refractivity contribution in [2.75, 3.05) is 17.2 Å². The second-order valence-corrected chi connectivity index (χ2v) is 8.84. The first-order valence-electron chi connectivity index (χ1n) is 8.60. The van der Waals surface area contributed by atoms with Gasteiger partial charge < -0.3 is 9.64 Å². The number of thiazole rings is 1. The van der Waals surface area contributed by atoms with E-state index >= 15 is 0 Å². The third kappa shape index (κ3) is 4.01. The number of benzene rings is 2. The van der Waals surface area contributed by atoms with Gasteiger partial charge in [-0.25, -0.2) is 9.37 Å². The average molecular weight is 435 g/mol. The van der Waals surface area contributed by atoms with Gasteiger partial charge in [-0.3, -0.25) is 4.79 Å². The summed E-state index contributed by atoms with van der Waals surface area (Å²) in [6, 6.07) is 11.4. The van der Waals surface area contributed by atoms with Gasteiger partial charge in [-0.05, 0) is 49.4 Å². The Hall–Kier alpha value is -2.09. The molecular weight excluding hydrogens is 419 g/mol. The van der Waals surface area contributed by atoms with E-state index in [2.05, 4.69) is 4.98 Å². The summed E-state index contributed by atoms with van der Waals surface area (Å²) < 4.78 is 18.6. The lowest BCUT2D eigenvalue weighted by atomic mass is 10.2. The number of ether oxygens (including phenoxy) is 1. The number of carbonyl (C=O) groups excluding carboxylic acids is 1. The highest BCUT2D eigenvalue weighted by Crippen LogP contribution is 2.38. The summed E-state index contributed by atoms with van der Waals surface area (Å²) >= 11 is 9.18. The molecule has 0 fully saturated rings. The van der Waals surface area contributed by atoms with Crippen LogP contribution in [0.3, 0.4) is 0 Å². The molecular formula is C20H16ClFN2O2S2. The first-order chi connectivity index (χ1) is 13.5. The average Bonchev–Trinajstić information content (AvgIpc) is 3.07. The van der Waals surface area contributed by atoms with Crippen LogP contribution in [0.4, 0.5) is 10.1 Å². The van der Waals surface area contributed by atoms with Crippen LogP contribution < -0.4 is 9.64 Å². The van der Waals surface area contributed by atoms with Crippen LogP contribution in [0, 0.1) is 12.7 Å². The van der Waals surface area contributed by atoms with Gasteiger partial charge in [-0.15, -0.1) is 23.1 Å². The molecule has 2 aromatic carbocycles. The summed E-state index contributed by atoms with van der Waals surface area (Å²) in [5.74, 6) is 0.995. The third-order valence-electron chi connectivity index (χ3n) is 4.24. The van der Waals surface area contributed by atoms with E-state index in [9.17, 15) is 9.18 Å². The van der Waals surface area contributed by atoms with Crippen LogP contribution in [-0.4, -0.2) is 23.2 Å². The molecule has 4 rings (SSSR count). The van der Waals surface area contributed by atoms with Crippen LogP contribution in [0.5, 0.6) is 5.75 Å². The molecule has 0 atom stereocenters. The van der Waals surface area contributed by atoms with Crippen LogP contribution in [0.2, 0.25) is 5.02 Å². The number of hydrogen-bond acceptors (Lipinski definition) is 5. The normalized spacial score (nSPS) is 13.3. The molecule has 0 spiro atoms. The van der Waals surface area contributed by atoms with E-state index < -0.39 is 0 Å². The van der Waals surface area contributed by atoms with Gasteiger partial charge in [-0.1, -0.05) is 11.6 Å². The van der Waals surface area contributed by atoms with Crippen molar-refractivity contribution >= 4 is 46.3 Å². The summed E-state index contributed by atoms with van der Waals surface area (Å²) in [6.07, 6.45) is 0. The number of nitrogens with zero attached hydrogens (tertiary/aromatic N) is 2. The van der Waals surface area contributed by atoms with Gasteiger partial charge in [0.25, 0.3) is 5.91 Å². The molecule has 1 aliphatic rings. The molecule has 1 aliphatic heterocycles. The van der Waals surface area contributed by atoms with Gasteiger partial charge in [0.15, 0.2) is 0 Å². The summed E-state index contributed by atoms with van der Waals surface area (Å²) in [5, 5.41) is 1.30. The summed E-state index contributed by atoms with van der Waals surface area (Å²) in [4.78, 5) is 21.1. The Morgan fingerprint density at radius 2 is 2.07 bits per heavy atom. The van der Waals surface area contributed by atoms with Gasteiger partial charge in [0.1, 0.15) is 28.1 Å². The van der Waals surface area contributed by atoms with Crippen LogP contribution >= 0.6 is 34.7 Å². The number of aryl methyl sites for hydroxylation is 1. The minimum Gasteiger partial charge on any atom is -0.486 e. The number of hydrogen-bond donors (Lipinski definition) is 0. The molecule has 0 aliphatic carbocycles. The molecule has 0 saturated heterocycles. The highest BCUT2D eigenvalue weighted by Gasteiger charge is 2.27. The summed E-state index contributed by atoms with van der Waals surface area (Å²) in [7, 11) is 0. The molecule has 4 nitrogen and oxygen atoms in total. The second-order valence-electron chi connectivity index (χ2n) is 6.18. The van der Waals surface area contributed by atoms with Crippen LogP contribution in [0.1, 0.15) is 20.4 Å². The maximum Gasteiger partial charge on any atom is 0.270 e. The third-order valence-corrected chi connectivity index (χ3v) is 6.64. The molecule has 1 amide bonds. The predicted octanol–water partition coefficient (Wildman–Crippen LogP) is 5.58. The van der Waals surface area contributed by atoms with Crippen molar-refractivity contribution in [2.24, 2.45) is 0 Å². The monoisotopic (exact) mass is 434 g/mol. The lowest BCUT2D eigenvalue weighted by Gasteiger charge is -2.28. The number of rotatable bonds is 4. The number of amides is 1. The van der Waals surface area contributed by atoms with E-state index in [0.717, 1.165) is 16.3 Å². The summed E-state index contributed by atoms with van der Waals surface area (Å²) in [5.41, 5.74) is 1.51. The number of fused-ring (bicyclic) bond motifs is 1. The fourth-order valence-corrected chi connectivity index (χ4v) is 4.98. The highest BCUT2D eigenvalue weighted by molar-refractivity contribution is 7.99. The predicted molar refractivity (Wildman–Crippen MR) is 111 cm³/mol. The zero-order chi connectivity index (χ0) is 19.7. The first-order valence-corrected chi connectivity index (χ1v) is 10.8. The van der Waals surface area contributed by atoms with Crippen LogP contribution in [0.15, 0.2) is 47.4 Å². The van der Waals surface area contributed by atoms with Crippen molar-refractivity contribution in [1.82, 2.24) is 4.98 Å². The number of anilines is 1. The number of carbonyl (C=O) groups is 1. The zero-order valence-electron chi connectivity index (χ0n) is 14.9. The first kappa shape index (κ1) is 19.2. The molecule has 2 heterocycles. The minimum atomic E-state index is -0.314. The van der Waals surface area contributed by atoms with Crippen molar-refractivity contribution in [1.29, 1.82) is 0 Å². The van der Waals surface area contributed by atoms with Gasteiger partial charge >= 0.3 is 0 Å². The van der Waals surface area contributed by atoms with Crippen LogP contribution in [-0.2, 0) is 6.61 Å². The van der Waals surface area contributed by atoms with Crippen molar-refractivity contribution in [2.45, 2.75) is 18.4 Å². The maximum atomic E-state index is 13.2. The Morgan fingerprint density at radius 1 is 1.29 bits per heavy atom. The van der Waals surface area contributed by atoms with Crippen LogP contribution in [0.25, 0.3) is 0 Å². The van der Waals surface area contributed by atoms with E-state index in [1.807, 2.05) is 25.1 Å². The lowest BCUT2D eigenvalue weighted by molar-refractivity contribution is 0.0991. The molecule has 3 aromatic rings. The van der Waals surface area contributed by atoms with Crippen molar-refractivity contribution in [3.8, 4) is 5.75 Å². The fraction of sp³-hybridized carbons (Fsp3) is 0.200. The molecule has 0 bridgehead atoms. The molecule has 1 aromatic heterocycles. The van der Waals surface area contributed by atoms with Gasteiger partial charge in [-0.2, -0.15) is 0 Å². The van der Waals surface area contributed by atoms with Gasteiger partial charge in [0, 0.05) is 22.2 Å². The quantitative estimate of drug-likeness (QED) is 0.538. The molecule has 0 radical (unpaired) electrons. The van der Waals surface area contributed by atoms with E-state index in [1.165, 1.54) is 23.5 Å². The topological polar surface area (TPSA) is 42.4 Å². The SMILES string of the molecule is Cc1nc(COc2ccc(F)cc2)sc1C(=O)N1CCSc2ccc(Cl)cc21. The minimum absolute atomic E-state index is 0.0770. The van der Waals surface area contributed by atoms with Crippen molar-refractivity contribution in [3.63, 3.8) is 0 Å². The number of thioether (sulfide) groups is 1. The Morgan fingerprint density at radius 3 is 2.86 bits per heavy atom.